The molecule has 0 aliphatic rings. The average Bonchev–Trinajstić information content (AvgIpc) is 3.50. The molecule has 0 aromatic rings. The highest BCUT2D eigenvalue weighted by molar-refractivity contribution is 5.70. The Balaban J connectivity index is 4.11. The SMILES string of the molecule is CC/C=C\C/C=C\C/C=C\C/C=C\C/C=C\C/C=C\C/C=C\C/C=C\C/C=C\CCCCCCCCCCCC(=O)OC(COC(=O)CCCCCCCCCCCCCCCCCCCCCCCCCCCCCCC)COC(OCC[N+](C)(C)C)C(=O)[O-]. The van der Waals surface area contributed by atoms with Gasteiger partial charge in [-0.05, 0) is 83.5 Å². The second kappa shape index (κ2) is 71.8. The molecule has 0 N–H and O–H groups in total. The van der Waals surface area contributed by atoms with Crippen LogP contribution in [0.4, 0.5) is 0 Å². The first-order chi connectivity index (χ1) is 44.6. The van der Waals surface area contributed by atoms with E-state index in [4.69, 9.17) is 18.9 Å². The molecule has 0 saturated carbocycles. The maximum absolute atomic E-state index is 13.0. The Morgan fingerprint density at radius 2 is 0.626 bits per heavy atom. The molecule has 9 nitrogen and oxygen atoms in total. The number of carboxylic acid groups (broad SMARTS) is 1. The van der Waals surface area contributed by atoms with Gasteiger partial charge in [-0.3, -0.25) is 9.59 Å². The van der Waals surface area contributed by atoms with Crippen LogP contribution in [0.2, 0.25) is 0 Å². The van der Waals surface area contributed by atoms with E-state index in [1.165, 1.54) is 199 Å². The fraction of sp³-hybridized carbons (Fsp3) is 0.744. The summed E-state index contributed by atoms with van der Waals surface area (Å²) < 4.78 is 22.8. The molecular weight excluding hydrogens is 1130 g/mol. The molecule has 524 valence electrons. The molecule has 0 radical (unpaired) electrons. The van der Waals surface area contributed by atoms with E-state index >= 15 is 0 Å². The molecule has 0 heterocycles. The lowest BCUT2D eigenvalue weighted by atomic mass is 10.0. The summed E-state index contributed by atoms with van der Waals surface area (Å²) in [7, 11) is 5.93. The van der Waals surface area contributed by atoms with Gasteiger partial charge in [-0.2, -0.15) is 0 Å². The van der Waals surface area contributed by atoms with Crippen LogP contribution in [0.15, 0.2) is 109 Å². The number of unbranched alkanes of at least 4 members (excludes halogenated alkanes) is 37. The number of quaternary nitrogens is 1. The largest absolute Gasteiger partial charge is 0.545 e. The van der Waals surface area contributed by atoms with Gasteiger partial charge in [0.25, 0.3) is 0 Å². The third kappa shape index (κ3) is 73.2. The number of carboxylic acids is 1. The van der Waals surface area contributed by atoms with Gasteiger partial charge >= 0.3 is 11.9 Å². The van der Waals surface area contributed by atoms with Gasteiger partial charge in [0.2, 0.25) is 0 Å². The van der Waals surface area contributed by atoms with Gasteiger partial charge in [-0.1, -0.05) is 348 Å². The third-order valence-electron chi connectivity index (χ3n) is 16.5. The van der Waals surface area contributed by atoms with Crippen molar-refractivity contribution in [2.24, 2.45) is 0 Å². The molecule has 0 aliphatic heterocycles. The predicted octanol–water partition coefficient (Wildman–Crippen LogP) is 22.8. The van der Waals surface area contributed by atoms with Crippen molar-refractivity contribution in [2.45, 2.75) is 347 Å². The lowest BCUT2D eigenvalue weighted by Crippen LogP contribution is -2.44. The molecular formula is C82H143NO8. The van der Waals surface area contributed by atoms with Gasteiger partial charge in [-0.15, -0.1) is 0 Å². The Labute approximate surface area is 562 Å². The summed E-state index contributed by atoms with van der Waals surface area (Å²) in [5, 5.41) is 11.8. The smallest absolute Gasteiger partial charge is 0.306 e. The molecule has 0 bridgehead atoms. The van der Waals surface area contributed by atoms with E-state index in [-0.39, 0.29) is 32.2 Å². The highest BCUT2D eigenvalue weighted by Crippen LogP contribution is 2.18. The van der Waals surface area contributed by atoms with E-state index in [2.05, 4.69) is 123 Å². The van der Waals surface area contributed by atoms with Crippen LogP contribution < -0.4 is 5.11 Å². The highest BCUT2D eigenvalue weighted by atomic mass is 16.7. The second-order valence-corrected chi connectivity index (χ2v) is 26.6. The Morgan fingerprint density at radius 3 is 0.934 bits per heavy atom. The minimum absolute atomic E-state index is 0.144. The monoisotopic (exact) mass is 1270 g/mol. The van der Waals surface area contributed by atoms with Gasteiger partial charge in [-0.25, -0.2) is 0 Å². The summed E-state index contributed by atoms with van der Waals surface area (Å²) >= 11 is 0. The topological polar surface area (TPSA) is 111 Å². The van der Waals surface area contributed by atoms with Gasteiger partial charge in [0.05, 0.1) is 40.3 Å². The predicted molar refractivity (Wildman–Crippen MR) is 389 cm³/mol. The number of allylic oxidation sites excluding steroid dienone is 18. The van der Waals surface area contributed by atoms with Crippen molar-refractivity contribution in [3.8, 4) is 0 Å². The van der Waals surface area contributed by atoms with E-state index in [1.807, 2.05) is 21.1 Å². The highest BCUT2D eigenvalue weighted by Gasteiger charge is 2.22. The zero-order chi connectivity index (χ0) is 66.1. The molecule has 0 aliphatic carbocycles. The summed E-state index contributed by atoms with van der Waals surface area (Å²) in [5.74, 6) is -2.28. The van der Waals surface area contributed by atoms with Crippen LogP contribution in [0.5, 0.6) is 0 Å². The van der Waals surface area contributed by atoms with Crippen LogP contribution >= 0.6 is 0 Å². The molecule has 0 aromatic carbocycles. The van der Waals surface area contributed by atoms with Gasteiger partial charge in [0, 0.05) is 12.8 Å². The lowest BCUT2D eigenvalue weighted by Gasteiger charge is -2.26. The van der Waals surface area contributed by atoms with Gasteiger partial charge in [0.1, 0.15) is 13.2 Å². The van der Waals surface area contributed by atoms with E-state index in [9.17, 15) is 19.5 Å². The number of hydrogen-bond acceptors (Lipinski definition) is 8. The number of nitrogens with zero attached hydrogens (tertiary/aromatic N) is 1. The number of esters is 2. The van der Waals surface area contributed by atoms with Crippen LogP contribution in [0.1, 0.15) is 335 Å². The average molecular weight is 1270 g/mol. The fourth-order valence-corrected chi connectivity index (χ4v) is 10.8. The van der Waals surface area contributed by atoms with Crippen LogP contribution in [0.3, 0.4) is 0 Å². The Morgan fingerprint density at radius 1 is 0.341 bits per heavy atom. The number of hydrogen-bond donors (Lipinski definition) is 0. The summed E-state index contributed by atoms with van der Waals surface area (Å²) in [5.41, 5.74) is 0. The minimum atomic E-state index is -1.63. The van der Waals surface area contributed by atoms with Crippen molar-refractivity contribution >= 4 is 17.9 Å². The zero-order valence-electron chi connectivity index (χ0n) is 59.9. The molecule has 0 saturated heterocycles. The van der Waals surface area contributed by atoms with Crippen LogP contribution in [-0.4, -0.2) is 82.3 Å². The number of likely N-dealkylation sites (N-methyl/N-ethyl adjacent to an activating group) is 1. The third-order valence-corrected chi connectivity index (χ3v) is 16.5. The molecule has 2 unspecified atom stereocenters. The number of carbonyl (C=O) groups excluding carboxylic acids is 3. The van der Waals surface area contributed by atoms with Gasteiger partial charge in [0.15, 0.2) is 12.4 Å². The molecule has 0 aromatic heterocycles. The molecule has 0 rings (SSSR count). The first kappa shape index (κ1) is 87.0. The van der Waals surface area contributed by atoms with E-state index in [1.54, 1.807) is 0 Å². The van der Waals surface area contributed by atoms with Crippen molar-refractivity contribution in [1.29, 1.82) is 0 Å². The van der Waals surface area contributed by atoms with Gasteiger partial charge < -0.3 is 33.3 Å². The zero-order valence-corrected chi connectivity index (χ0v) is 59.9. The van der Waals surface area contributed by atoms with Crippen molar-refractivity contribution in [3.05, 3.63) is 109 Å². The van der Waals surface area contributed by atoms with Crippen molar-refractivity contribution in [1.82, 2.24) is 0 Å². The molecule has 0 amide bonds. The van der Waals surface area contributed by atoms with Crippen molar-refractivity contribution in [2.75, 3.05) is 47.5 Å². The quantitative estimate of drug-likeness (QED) is 0.0195. The van der Waals surface area contributed by atoms with Crippen molar-refractivity contribution < 1.29 is 42.9 Å². The fourth-order valence-electron chi connectivity index (χ4n) is 10.8. The maximum Gasteiger partial charge on any atom is 0.306 e. The van der Waals surface area contributed by atoms with E-state index < -0.39 is 24.3 Å². The summed E-state index contributed by atoms with van der Waals surface area (Å²) in [4.78, 5) is 37.6. The van der Waals surface area contributed by atoms with E-state index in [0.29, 0.717) is 23.9 Å². The second-order valence-electron chi connectivity index (χ2n) is 26.6. The first-order valence-electron chi connectivity index (χ1n) is 38.0. The van der Waals surface area contributed by atoms with Crippen LogP contribution in [0.25, 0.3) is 0 Å². The van der Waals surface area contributed by atoms with Crippen LogP contribution in [-0.2, 0) is 33.3 Å². The van der Waals surface area contributed by atoms with Crippen molar-refractivity contribution in [3.63, 3.8) is 0 Å². The summed E-state index contributed by atoms with van der Waals surface area (Å²) in [6.45, 7) is 4.67. The molecule has 9 heteroatoms. The molecule has 91 heavy (non-hydrogen) atoms. The standard InChI is InChI=1S/C82H143NO8/c1-6-8-10-12-14-16-18-20-22-24-26-28-30-32-34-36-37-38-39-40-41-42-43-45-47-49-51-53-55-57-59-61-63-65-67-69-71-73-80(85)91-78(77-90-82(81(86)87)88-75-74-83(3,4)5)76-89-79(84)72-70-68-66-64-62-60-58-56-54-52-50-48-46-44-35-33-31-29-27-25-23-21-19-17-15-13-11-9-7-2/h8,10,14,16,20,22,26,28,32,34,37-38,40-41,43,45,49,51,78,82H,6-7,9,11-13,15,17-19,21,23-25,27,29-31,33,35-36,39,42,44,46-48,50,52-77H2,1-5H3/b10-8-,16-14-,22-20-,28-26-,34-32-,38-37-,41-40-,45-43-,51-49-. The molecule has 2 atom stereocenters. The first-order valence-corrected chi connectivity index (χ1v) is 38.0. The number of ether oxygens (including phenoxy) is 4. The Kier molecular flexibility index (Phi) is 68.6. The summed E-state index contributed by atoms with van der Waals surface area (Å²) in [6.07, 6.45) is 97.6. The lowest BCUT2D eigenvalue weighted by molar-refractivity contribution is -0.870. The number of rotatable bonds is 70. The number of aliphatic carboxylic acids is 1. The normalized spacial score (nSPS) is 13.3. The minimum Gasteiger partial charge on any atom is -0.545 e. The molecule has 0 fully saturated rings. The Bertz CT molecular complexity index is 1870. The summed E-state index contributed by atoms with van der Waals surface area (Å²) in [6, 6.07) is 0. The molecule has 0 spiro atoms. The Hall–Kier alpha value is -4.05. The maximum atomic E-state index is 13.0. The van der Waals surface area contributed by atoms with Crippen LogP contribution in [0, 0.1) is 0 Å². The van der Waals surface area contributed by atoms with E-state index in [0.717, 1.165) is 103 Å². The number of carbonyl (C=O) groups is 3.